The molecule has 1 aromatic carbocycles. The summed E-state index contributed by atoms with van der Waals surface area (Å²) in [6.45, 7) is 3.10. The molecule has 0 saturated carbocycles. The Morgan fingerprint density at radius 2 is 1.96 bits per heavy atom. The van der Waals surface area contributed by atoms with Crippen molar-refractivity contribution in [2.45, 2.75) is 19.3 Å². The Kier molecular flexibility index (Phi) is 6.61. The van der Waals surface area contributed by atoms with Gasteiger partial charge in [0.1, 0.15) is 17.9 Å². The van der Waals surface area contributed by atoms with Crippen LogP contribution in [0.15, 0.2) is 42.6 Å². The zero-order valence-electron chi connectivity index (χ0n) is 15.3. The predicted molar refractivity (Wildman–Crippen MR) is 103 cm³/mol. The second-order valence-electron chi connectivity index (χ2n) is 6.59. The number of piperidine rings is 1. The molecule has 1 aliphatic rings. The number of ether oxygens (including phenoxy) is 2. The van der Waals surface area contributed by atoms with E-state index in [1.807, 2.05) is 24.4 Å². The minimum absolute atomic E-state index is 0.196. The van der Waals surface area contributed by atoms with Crippen LogP contribution in [0.25, 0.3) is 11.1 Å². The Labute approximate surface area is 155 Å². The van der Waals surface area contributed by atoms with Gasteiger partial charge in [-0.1, -0.05) is 12.1 Å². The second kappa shape index (κ2) is 9.34. The Balaban J connectivity index is 1.69. The van der Waals surface area contributed by atoms with Crippen LogP contribution in [0.4, 0.5) is 5.82 Å². The summed E-state index contributed by atoms with van der Waals surface area (Å²) in [4.78, 5) is 17.7. The average Bonchev–Trinajstić information content (AvgIpc) is 2.72. The molecule has 138 valence electrons. The highest BCUT2D eigenvalue weighted by atomic mass is 16.5. The summed E-state index contributed by atoms with van der Waals surface area (Å²) >= 11 is 0. The summed E-state index contributed by atoms with van der Waals surface area (Å²) in [5.41, 5.74) is 2.23. The number of aromatic nitrogens is 1. The number of anilines is 1. The summed E-state index contributed by atoms with van der Waals surface area (Å²) in [6, 6.07) is 12.3. The quantitative estimate of drug-likeness (QED) is 0.536. The molecule has 1 fully saturated rings. The number of carbonyl (C=O) groups is 1. The summed E-state index contributed by atoms with van der Waals surface area (Å²) < 4.78 is 10.8. The number of benzene rings is 1. The minimum Gasteiger partial charge on any atom is -0.493 e. The Hall–Kier alpha value is -2.40. The smallest absolute Gasteiger partial charge is 0.129 e. The molecular weight excluding hydrogens is 328 g/mol. The monoisotopic (exact) mass is 354 g/mol. The van der Waals surface area contributed by atoms with Crippen molar-refractivity contribution in [2.75, 3.05) is 38.3 Å². The molecule has 3 rings (SSSR count). The summed E-state index contributed by atoms with van der Waals surface area (Å²) in [6.07, 6.45) is 5.61. The number of hydrogen-bond donors (Lipinski definition) is 0. The van der Waals surface area contributed by atoms with Gasteiger partial charge in [0.05, 0.1) is 6.61 Å². The van der Waals surface area contributed by atoms with Crippen molar-refractivity contribution in [3.8, 4) is 16.9 Å². The number of aldehydes is 1. The number of nitrogens with zero attached hydrogens (tertiary/aromatic N) is 2. The van der Waals surface area contributed by atoms with Crippen molar-refractivity contribution in [3.05, 3.63) is 42.6 Å². The maximum atomic E-state index is 10.9. The fraction of sp³-hybridized carbons (Fsp3) is 0.429. The van der Waals surface area contributed by atoms with Crippen LogP contribution in [0, 0.1) is 5.92 Å². The average molecular weight is 354 g/mol. The van der Waals surface area contributed by atoms with E-state index in [0.717, 1.165) is 61.3 Å². The van der Waals surface area contributed by atoms with Gasteiger partial charge in [0.15, 0.2) is 0 Å². The van der Waals surface area contributed by atoms with Gasteiger partial charge in [0.25, 0.3) is 0 Å². The van der Waals surface area contributed by atoms with Gasteiger partial charge in [0.2, 0.25) is 0 Å². The van der Waals surface area contributed by atoms with Crippen molar-refractivity contribution in [1.29, 1.82) is 0 Å². The zero-order valence-corrected chi connectivity index (χ0v) is 15.3. The largest absolute Gasteiger partial charge is 0.493 e. The van der Waals surface area contributed by atoms with Crippen LogP contribution in [0.1, 0.15) is 19.3 Å². The lowest BCUT2D eigenvalue weighted by Gasteiger charge is -2.30. The molecule has 2 heterocycles. The van der Waals surface area contributed by atoms with E-state index in [4.69, 9.17) is 9.47 Å². The molecule has 0 amide bonds. The number of pyridine rings is 1. The number of rotatable bonds is 8. The van der Waals surface area contributed by atoms with Gasteiger partial charge in [-0.15, -0.1) is 0 Å². The number of carbonyl (C=O) groups excluding carboxylic acids is 1. The van der Waals surface area contributed by atoms with E-state index >= 15 is 0 Å². The summed E-state index contributed by atoms with van der Waals surface area (Å²) in [7, 11) is 1.70. The Morgan fingerprint density at radius 1 is 1.15 bits per heavy atom. The molecule has 2 aromatic rings. The molecule has 5 heteroatoms. The molecule has 0 N–H and O–H groups in total. The lowest BCUT2D eigenvalue weighted by atomic mass is 9.98. The molecule has 1 aliphatic heterocycles. The van der Waals surface area contributed by atoms with Crippen LogP contribution in [0.2, 0.25) is 0 Å². The molecular formula is C21H26N2O3. The van der Waals surface area contributed by atoms with Crippen LogP contribution < -0.4 is 9.64 Å². The minimum atomic E-state index is 0.196. The first-order valence-electron chi connectivity index (χ1n) is 9.18. The van der Waals surface area contributed by atoms with Crippen molar-refractivity contribution in [1.82, 2.24) is 4.98 Å². The molecule has 0 unspecified atom stereocenters. The SMILES string of the molecule is COCCCOc1cccc(-c2ccnc(N3CCC(C=O)CC3)c2)c1. The van der Waals surface area contributed by atoms with Crippen LogP contribution in [0.3, 0.4) is 0 Å². The Morgan fingerprint density at radius 3 is 2.73 bits per heavy atom. The molecule has 0 bridgehead atoms. The topological polar surface area (TPSA) is 51.7 Å². The lowest BCUT2D eigenvalue weighted by molar-refractivity contribution is -0.111. The van der Waals surface area contributed by atoms with E-state index in [1.54, 1.807) is 7.11 Å². The molecule has 1 aromatic heterocycles. The summed E-state index contributed by atoms with van der Waals surface area (Å²) in [5.74, 6) is 2.03. The normalized spacial score (nSPS) is 15.0. The lowest BCUT2D eigenvalue weighted by Crippen LogP contribution is -2.34. The third-order valence-corrected chi connectivity index (χ3v) is 4.73. The standard InChI is InChI=1S/C21H26N2O3/c1-25-12-3-13-26-20-5-2-4-18(14-20)19-6-9-22-21(15-19)23-10-7-17(16-24)8-11-23/h2,4-6,9,14-17H,3,7-8,10-13H2,1H3. The highest BCUT2D eigenvalue weighted by molar-refractivity contribution is 5.68. The fourth-order valence-electron chi connectivity index (χ4n) is 3.19. The van der Waals surface area contributed by atoms with Crippen molar-refractivity contribution in [2.24, 2.45) is 5.92 Å². The highest BCUT2D eigenvalue weighted by Crippen LogP contribution is 2.28. The van der Waals surface area contributed by atoms with Gasteiger partial charge in [-0.3, -0.25) is 0 Å². The van der Waals surface area contributed by atoms with E-state index in [9.17, 15) is 4.79 Å². The van der Waals surface area contributed by atoms with Gasteiger partial charge >= 0.3 is 0 Å². The number of hydrogen-bond acceptors (Lipinski definition) is 5. The molecule has 0 radical (unpaired) electrons. The third kappa shape index (κ3) is 4.82. The van der Waals surface area contributed by atoms with Crippen LogP contribution in [-0.4, -0.2) is 44.7 Å². The highest BCUT2D eigenvalue weighted by Gasteiger charge is 2.19. The van der Waals surface area contributed by atoms with Crippen molar-refractivity contribution >= 4 is 12.1 Å². The molecule has 0 atom stereocenters. The van der Waals surface area contributed by atoms with Gasteiger partial charge in [-0.05, 0) is 48.2 Å². The maximum absolute atomic E-state index is 10.9. The second-order valence-corrected chi connectivity index (χ2v) is 6.59. The van der Waals surface area contributed by atoms with E-state index < -0.39 is 0 Å². The molecule has 26 heavy (non-hydrogen) atoms. The molecule has 5 nitrogen and oxygen atoms in total. The predicted octanol–water partition coefficient (Wildman–Crippen LogP) is 3.58. The van der Waals surface area contributed by atoms with E-state index in [-0.39, 0.29) is 5.92 Å². The van der Waals surface area contributed by atoms with Gasteiger partial charge in [-0.25, -0.2) is 4.98 Å². The van der Waals surface area contributed by atoms with Gasteiger partial charge in [-0.2, -0.15) is 0 Å². The Bertz CT molecular complexity index is 712. The van der Waals surface area contributed by atoms with E-state index in [2.05, 4.69) is 28.1 Å². The van der Waals surface area contributed by atoms with Crippen molar-refractivity contribution < 1.29 is 14.3 Å². The fourth-order valence-corrected chi connectivity index (χ4v) is 3.19. The molecule has 1 saturated heterocycles. The van der Waals surface area contributed by atoms with E-state index in [1.165, 1.54) is 0 Å². The summed E-state index contributed by atoms with van der Waals surface area (Å²) in [5, 5.41) is 0. The van der Waals surface area contributed by atoms with E-state index in [0.29, 0.717) is 13.2 Å². The molecule has 0 aliphatic carbocycles. The third-order valence-electron chi connectivity index (χ3n) is 4.73. The zero-order chi connectivity index (χ0) is 18.2. The maximum Gasteiger partial charge on any atom is 0.129 e. The first kappa shape index (κ1) is 18.4. The van der Waals surface area contributed by atoms with Crippen LogP contribution in [0.5, 0.6) is 5.75 Å². The number of methoxy groups -OCH3 is 1. The van der Waals surface area contributed by atoms with Gasteiger partial charge < -0.3 is 19.2 Å². The molecule has 0 spiro atoms. The van der Waals surface area contributed by atoms with Gasteiger partial charge in [0, 0.05) is 45.3 Å². The van der Waals surface area contributed by atoms with Crippen LogP contribution >= 0.6 is 0 Å². The first-order valence-corrected chi connectivity index (χ1v) is 9.18. The van der Waals surface area contributed by atoms with Crippen molar-refractivity contribution in [3.63, 3.8) is 0 Å². The first-order chi connectivity index (χ1) is 12.8. The van der Waals surface area contributed by atoms with Crippen LogP contribution in [-0.2, 0) is 9.53 Å².